The zero-order valence-corrected chi connectivity index (χ0v) is 7.79. The minimum absolute atomic E-state index is 0.863. The summed E-state index contributed by atoms with van der Waals surface area (Å²) in [5, 5.41) is 3.34. The van der Waals surface area contributed by atoms with E-state index < -0.39 is 0 Å². The molecule has 0 amide bonds. The van der Waals surface area contributed by atoms with E-state index in [0.29, 0.717) is 0 Å². The van der Waals surface area contributed by atoms with Crippen molar-refractivity contribution < 1.29 is 0 Å². The lowest BCUT2D eigenvalue weighted by Crippen LogP contribution is -2.14. The molecule has 0 saturated carbocycles. The van der Waals surface area contributed by atoms with Crippen molar-refractivity contribution in [3.63, 3.8) is 0 Å². The highest BCUT2D eigenvalue weighted by Gasteiger charge is 1.89. The van der Waals surface area contributed by atoms with Crippen molar-refractivity contribution in [2.45, 2.75) is 19.4 Å². The lowest BCUT2D eigenvalue weighted by molar-refractivity contribution is 0.659. The highest BCUT2D eigenvalue weighted by molar-refractivity contribution is 5.14. The van der Waals surface area contributed by atoms with Gasteiger partial charge in [0.05, 0.1) is 0 Å². The quantitative estimate of drug-likeness (QED) is 0.531. The van der Waals surface area contributed by atoms with Gasteiger partial charge in [-0.2, -0.15) is 0 Å². The molecule has 68 valence electrons. The summed E-state index contributed by atoms with van der Waals surface area (Å²) in [6.07, 6.45) is 7.07. The summed E-state index contributed by atoms with van der Waals surface area (Å²) in [4.78, 5) is 0. The number of rotatable bonds is 5. The van der Waals surface area contributed by atoms with Crippen LogP contribution in [0, 0.1) is 12.3 Å². The van der Waals surface area contributed by atoms with Gasteiger partial charge < -0.3 is 5.32 Å². The van der Waals surface area contributed by atoms with Gasteiger partial charge in [0, 0.05) is 13.0 Å². The van der Waals surface area contributed by atoms with Crippen molar-refractivity contribution in [2.75, 3.05) is 6.54 Å². The third kappa shape index (κ3) is 4.35. The highest BCUT2D eigenvalue weighted by Crippen LogP contribution is 1.97. The Bertz CT molecular complexity index is 258. The van der Waals surface area contributed by atoms with Crippen LogP contribution in [0.25, 0.3) is 0 Å². The Morgan fingerprint density at radius 3 is 2.69 bits per heavy atom. The van der Waals surface area contributed by atoms with E-state index in [1.165, 1.54) is 5.56 Å². The zero-order chi connectivity index (χ0) is 9.36. The molecule has 0 aromatic heterocycles. The van der Waals surface area contributed by atoms with E-state index in [2.05, 4.69) is 35.5 Å². The molecule has 0 heterocycles. The molecular formula is C12H15N. The van der Waals surface area contributed by atoms with Crippen LogP contribution in [-0.2, 0) is 6.54 Å². The monoisotopic (exact) mass is 173 g/mol. The lowest BCUT2D eigenvalue weighted by atomic mass is 10.2. The number of nitrogens with one attached hydrogen (secondary N) is 1. The Balaban J connectivity index is 2.11. The molecule has 0 atom stereocenters. The van der Waals surface area contributed by atoms with Gasteiger partial charge in [-0.05, 0) is 18.5 Å². The van der Waals surface area contributed by atoms with E-state index in [0.717, 1.165) is 25.9 Å². The van der Waals surface area contributed by atoms with Crippen LogP contribution in [0.5, 0.6) is 0 Å². The summed E-state index contributed by atoms with van der Waals surface area (Å²) in [5.41, 5.74) is 1.32. The summed E-state index contributed by atoms with van der Waals surface area (Å²) in [6.45, 7) is 1.94. The van der Waals surface area contributed by atoms with Gasteiger partial charge >= 0.3 is 0 Å². The largest absolute Gasteiger partial charge is 0.313 e. The first-order chi connectivity index (χ1) is 6.43. The van der Waals surface area contributed by atoms with Crippen molar-refractivity contribution >= 4 is 0 Å². The van der Waals surface area contributed by atoms with Crippen molar-refractivity contribution in [1.82, 2.24) is 5.32 Å². The molecule has 1 heteroatoms. The predicted molar refractivity (Wildman–Crippen MR) is 56.2 cm³/mol. The topological polar surface area (TPSA) is 12.0 Å². The second kappa shape index (κ2) is 6.28. The van der Waals surface area contributed by atoms with E-state index in [1.807, 2.05) is 6.07 Å². The number of hydrogen-bond acceptors (Lipinski definition) is 1. The summed E-state index contributed by atoms with van der Waals surface area (Å²) < 4.78 is 0. The second-order valence-corrected chi connectivity index (χ2v) is 2.97. The number of benzene rings is 1. The average Bonchev–Trinajstić information content (AvgIpc) is 2.19. The van der Waals surface area contributed by atoms with Crippen LogP contribution < -0.4 is 5.32 Å². The molecule has 1 rings (SSSR count). The van der Waals surface area contributed by atoms with Crippen molar-refractivity contribution in [1.29, 1.82) is 0 Å². The zero-order valence-electron chi connectivity index (χ0n) is 7.79. The lowest BCUT2D eigenvalue weighted by Gasteiger charge is -2.02. The van der Waals surface area contributed by atoms with Crippen LogP contribution in [0.2, 0.25) is 0 Å². The number of unbranched alkanes of at least 4 members (excludes halogenated alkanes) is 1. The Kier molecular flexibility index (Phi) is 4.74. The van der Waals surface area contributed by atoms with Crippen LogP contribution in [0.15, 0.2) is 30.3 Å². The Morgan fingerprint density at radius 2 is 2.00 bits per heavy atom. The second-order valence-electron chi connectivity index (χ2n) is 2.97. The van der Waals surface area contributed by atoms with Crippen molar-refractivity contribution in [3.05, 3.63) is 35.9 Å². The minimum Gasteiger partial charge on any atom is -0.313 e. The smallest absolute Gasteiger partial charge is 0.0205 e. The molecule has 0 aliphatic carbocycles. The first kappa shape index (κ1) is 9.83. The maximum atomic E-state index is 5.14. The van der Waals surface area contributed by atoms with Gasteiger partial charge in [0.1, 0.15) is 0 Å². The summed E-state index contributed by atoms with van der Waals surface area (Å²) in [6, 6.07) is 10.4. The van der Waals surface area contributed by atoms with Crippen molar-refractivity contribution in [2.24, 2.45) is 0 Å². The van der Waals surface area contributed by atoms with Gasteiger partial charge in [0.2, 0.25) is 0 Å². The fourth-order valence-electron chi connectivity index (χ4n) is 1.14. The molecule has 0 radical (unpaired) electrons. The van der Waals surface area contributed by atoms with Crippen LogP contribution in [0.3, 0.4) is 0 Å². The maximum absolute atomic E-state index is 5.14. The maximum Gasteiger partial charge on any atom is 0.0205 e. The molecule has 1 nitrogen and oxygen atoms in total. The summed E-state index contributed by atoms with van der Waals surface area (Å²) in [5.74, 6) is 2.63. The molecule has 0 aliphatic heterocycles. The van der Waals surface area contributed by atoms with Gasteiger partial charge in [-0.1, -0.05) is 30.3 Å². The van der Waals surface area contributed by atoms with Gasteiger partial charge in [0.25, 0.3) is 0 Å². The number of terminal acetylenes is 1. The molecular weight excluding hydrogens is 158 g/mol. The Morgan fingerprint density at radius 1 is 1.23 bits per heavy atom. The fraction of sp³-hybridized carbons (Fsp3) is 0.333. The molecule has 0 fully saturated rings. The highest BCUT2D eigenvalue weighted by atomic mass is 14.8. The van der Waals surface area contributed by atoms with Gasteiger partial charge in [-0.25, -0.2) is 0 Å². The fourth-order valence-corrected chi connectivity index (χ4v) is 1.14. The first-order valence-electron chi connectivity index (χ1n) is 4.61. The molecule has 0 saturated heterocycles. The van der Waals surface area contributed by atoms with Gasteiger partial charge in [-0.15, -0.1) is 12.3 Å². The average molecular weight is 173 g/mol. The molecule has 0 bridgehead atoms. The van der Waals surface area contributed by atoms with Crippen LogP contribution in [0.4, 0.5) is 0 Å². The molecule has 0 unspecified atom stereocenters. The molecule has 1 aromatic rings. The van der Waals surface area contributed by atoms with Crippen LogP contribution in [-0.4, -0.2) is 6.54 Å². The summed E-state index contributed by atoms with van der Waals surface area (Å²) >= 11 is 0. The van der Waals surface area contributed by atoms with E-state index in [4.69, 9.17) is 6.42 Å². The third-order valence-corrected chi connectivity index (χ3v) is 1.85. The Hall–Kier alpha value is -1.26. The number of hydrogen-bond donors (Lipinski definition) is 1. The minimum atomic E-state index is 0.863. The van der Waals surface area contributed by atoms with Gasteiger partial charge in [-0.3, -0.25) is 0 Å². The SMILES string of the molecule is C#CCCCNCc1ccccc1. The van der Waals surface area contributed by atoms with E-state index in [9.17, 15) is 0 Å². The van der Waals surface area contributed by atoms with E-state index in [-0.39, 0.29) is 0 Å². The molecule has 1 aromatic carbocycles. The van der Waals surface area contributed by atoms with Crippen molar-refractivity contribution in [3.8, 4) is 12.3 Å². The summed E-state index contributed by atoms with van der Waals surface area (Å²) in [7, 11) is 0. The van der Waals surface area contributed by atoms with Crippen LogP contribution in [0.1, 0.15) is 18.4 Å². The molecule has 1 N–H and O–H groups in total. The molecule has 0 spiro atoms. The molecule has 0 aliphatic rings. The standard InChI is InChI=1S/C12H15N/c1-2-3-7-10-13-11-12-8-5-4-6-9-12/h1,4-6,8-9,13H,3,7,10-11H2. The third-order valence-electron chi connectivity index (χ3n) is 1.85. The predicted octanol–water partition coefficient (Wildman–Crippen LogP) is 2.19. The normalized spacial score (nSPS) is 9.46. The van der Waals surface area contributed by atoms with E-state index >= 15 is 0 Å². The van der Waals surface area contributed by atoms with Gasteiger partial charge in [0.15, 0.2) is 0 Å². The molecule has 13 heavy (non-hydrogen) atoms. The first-order valence-corrected chi connectivity index (χ1v) is 4.61. The van der Waals surface area contributed by atoms with E-state index in [1.54, 1.807) is 0 Å². The Labute approximate surface area is 80.2 Å². The van der Waals surface area contributed by atoms with Crippen LogP contribution >= 0.6 is 0 Å².